The van der Waals surface area contributed by atoms with Gasteiger partial charge in [-0.1, -0.05) is 24.5 Å². The molecule has 0 radical (unpaired) electrons. The Hall–Kier alpha value is -4.90. The van der Waals surface area contributed by atoms with Crippen molar-refractivity contribution in [2.75, 3.05) is 51.2 Å². The molecule has 4 amide bonds. The molecule has 0 aromatic carbocycles. The molecule has 4 aromatic heterocycles. The normalized spacial score (nSPS) is 31.4. The molecule has 8 heterocycles. The molecule has 3 fully saturated rings. The van der Waals surface area contributed by atoms with Crippen LogP contribution in [0.25, 0.3) is 22.3 Å². The van der Waals surface area contributed by atoms with Crippen LogP contribution in [0.3, 0.4) is 0 Å². The summed E-state index contributed by atoms with van der Waals surface area (Å²) in [5.41, 5.74) is 5.97. The van der Waals surface area contributed by atoms with Gasteiger partial charge in [-0.25, -0.2) is 62.3 Å². The molecule has 3 saturated heterocycles. The molecule has 8 rings (SSSR count). The molecule has 0 spiro atoms. The lowest BCUT2D eigenvalue weighted by Crippen LogP contribution is -2.37. The van der Waals surface area contributed by atoms with Crippen LogP contribution in [0.1, 0.15) is 12.5 Å². The second kappa shape index (κ2) is 17.3. The number of anilines is 2. The minimum atomic E-state index is -4.53. The van der Waals surface area contributed by atoms with E-state index in [1.807, 2.05) is 0 Å². The summed E-state index contributed by atoms with van der Waals surface area (Å²) in [4.78, 5) is 74.2. The number of alkyl halides is 2. The third-order valence-electron chi connectivity index (χ3n) is 9.55. The van der Waals surface area contributed by atoms with Gasteiger partial charge in [0.2, 0.25) is 0 Å². The lowest BCUT2D eigenvalue weighted by atomic mass is 10.1. The second-order valence-corrected chi connectivity index (χ2v) is 19.2. The van der Waals surface area contributed by atoms with Gasteiger partial charge in [-0.3, -0.25) is 42.1 Å². The number of amides is 4. The first-order chi connectivity index (χ1) is 29.5. The van der Waals surface area contributed by atoms with E-state index < -0.39 is 107 Å². The number of carbonyl (C=O) groups excluding carboxylic acids is 4. The summed E-state index contributed by atoms with van der Waals surface area (Å²) in [6.07, 6.45) is -9.28. The van der Waals surface area contributed by atoms with Gasteiger partial charge in [0.1, 0.15) is 49.2 Å². The lowest BCUT2D eigenvalue weighted by molar-refractivity contribution is -0.141. The predicted molar refractivity (Wildman–Crippen MR) is 207 cm³/mol. The summed E-state index contributed by atoms with van der Waals surface area (Å²) in [6.45, 7) is -11.7. The Labute approximate surface area is 356 Å². The number of aromatic nitrogens is 8. The van der Waals surface area contributed by atoms with Crippen molar-refractivity contribution >= 4 is 96.1 Å². The van der Waals surface area contributed by atoms with E-state index in [0.29, 0.717) is 4.90 Å². The van der Waals surface area contributed by atoms with Crippen molar-refractivity contribution in [3.8, 4) is 0 Å². The number of hydrogen-bond acceptors (Lipinski definition) is 21. The molecule has 26 nitrogen and oxygen atoms in total. The number of hydrogen-bond donors (Lipinski definition) is 4. The van der Waals surface area contributed by atoms with Gasteiger partial charge < -0.3 is 29.6 Å². The monoisotopic (exact) mass is 948 g/mol. The predicted octanol–water partition coefficient (Wildman–Crippen LogP) is 2.11. The average molecular weight is 949 g/mol. The molecular weight excluding hydrogens is 916 g/mol. The number of thiol groups is 2. The number of nitrogen functional groups attached to an aromatic ring is 1. The minimum absolute atomic E-state index is 0.0145. The summed E-state index contributed by atoms with van der Waals surface area (Å²) in [5, 5.41) is 2.37. The van der Waals surface area contributed by atoms with Crippen molar-refractivity contribution in [3.05, 3.63) is 37.5 Å². The number of halogens is 2. The van der Waals surface area contributed by atoms with E-state index in [0.717, 1.165) is 40.6 Å². The number of nitrogens with two attached hydrogens (primary N) is 1. The van der Waals surface area contributed by atoms with Crippen LogP contribution in [0.4, 0.5) is 30.0 Å². The maximum Gasteiger partial charge on any atom is 0.412 e. The molecular formula is C30H32F2N12O14P2S2. The Morgan fingerprint density at radius 2 is 1.39 bits per heavy atom. The minimum Gasteiger partial charge on any atom is -0.447 e. The first kappa shape index (κ1) is 43.7. The van der Waals surface area contributed by atoms with Crippen LogP contribution in [0.2, 0.25) is 0 Å². The van der Waals surface area contributed by atoms with Gasteiger partial charge in [0, 0.05) is 19.2 Å². The molecule has 4 aliphatic rings. The van der Waals surface area contributed by atoms with E-state index >= 15 is 8.78 Å². The summed E-state index contributed by atoms with van der Waals surface area (Å²) in [7, 11) is 1.32. The van der Waals surface area contributed by atoms with Crippen LogP contribution in [-0.2, 0) is 55.8 Å². The van der Waals surface area contributed by atoms with Crippen LogP contribution >= 0.6 is 38.1 Å². The van der Waals surface area contributed by atoms with E-state index in [1.165, 1.54) is 17.9 Å². The van der Waals surface area contributed by atoms with Gasteiger partial charge >= 0.3 is 25.8 Å². The SMILES string of the molecule is CN(CCOC(=O)Nc1ncnc2c1ncn2[C@@H]1O[C@@H]2CO[P@@](=O)(S)O[C@@H]3C(CO[P@@](=O)(S)O[C@H]2[C@H]1F)O[C@@H](n1cnc2c(N)ncnc21)[C@@H]3F)C(=O)OCN1C(=O)C=CC1=O. The summed E-state index contributed by atoms with van der Waals surface area (Å²) >= 11 is 8.03. The number of fused-ring (bicyclic) bond motifs is 4. The van der Waals surface area contributed by atoms with E-state index in [9.17, 15) is 28.3 Å². The van der Waals surface area contributed by atoms with Gasteiger partial charge in [-0.15, -0.1) is 0 Å². The fraction of sp³-hybridized carbons (Fsp3) is 0.467. The molecule has 62 heavy (non-hydrogen) atoms. The molecule has 4 aromatic rings. The highest BCUT2D eigenvalue weighted by atomic mass is 32.7. The van der Waals surface area contributed by atoms with E-state index in [4.69, 9.17) is 42.8 Å². The van der Waals surface area contributed by atoms with Crippen molar-refractivity contribution in [2.24, 2.45) is 0 Å². The zero-order valence-electron chi connectivity index (χ0n) is 31.4. The molecule has 32 heteroatoms. The van der Waals surface area contributed by atoms with Crippen molar-refractivity contribution in [1.29, 1.82) is 0 Å². The lowest BCUT2D eigenvalue weighted by Gasteiger charge is -2.28. The molecule has 0 aliphatic carbocycles. The second-order valence-electron chi connectivity index (χ2n) is 13.5. The highest BCUT2D eigenvalue weighted by molar-refractivity contribution is 8.44. The average Bonchev–Trinajstić information content (AvgIpc) is 4.04. The molecule has 4 aliphatic heterocycles. The Morgan fingerprint density at radius 3 is 1.97 bits per heavy atom. The molecule has 0 saturated carbocycles. The Morgan fingerprint density at radius 1 is 0.855 bits per heavy atom. The molecule has 3 N–H and O–H groups in total. The number of carbonyl (C=O) groups is 4. The van der Waals surface area contributed by atoms with Gasteiger partial charge in [-0.05, 0) is 0 Å². The standard InChI is InChI=1S/C30H32F2N12O14P2S2/c1-41(30(48)52-12-44-15(45)2-3-16(44)46)4-5-51-29(47)40-24-20-26(37-9-35-24)43(11-39-20)28-18(32)22-14(56-28)7-54-59(49,61)57-21-13(6-53-60(50,62)58-22)55-27(17(21)31)42-10-38-19-23(33)34-8-36-25(19)42/h2-3,8-11,13-14,17-18,21-22,27-28H,4-7,12H2,1H3,(H,49,61)(H,50,62)(H2,33,34,36)(H,35,37,40,47)/t13?,14-,17-,18-,21-,22-,27-,28-,59-,60-/m1/s1. The third-order valence-corrected chi connectivity index (χ3v) is 12.8. The van der Waals surface area contributed by atoms with Crippen LogP contribution < -0.4 is 11.1 Å². The van der Waals surface area contributed by atoms with Crippen molar-refractivity contribution in [1.82, 2.24) is 48.8 Å². The quantitative estimate of drug-likeness (QED) is 0.112. The molecule has 10 atom stereocenters. The van der Waals surface area contributed by atoms with Crippen LogP contribution in [0.15, 0.2) is 37.5 Å². The summed E-state index contributed by atoms with van der Waals surface area (Å²) in [5.74, 6) is -1.45. The molecule has 1 unspecified atom stereocenters. The maximum absolute atomic E-state index is 16.5. The first-order valence-electron chi connectivity index (χ1n) is 17.9. The fourth-order valence-corrected chi connectivity index (χ4v) is 9.50. The molecule has 332 valence electrons. The number of ether oxygens (including phenoxy) is 4. The number of imidazole rings is 2. The number of rotatable bonds is 8. The Bertz CT molecular complexity index is 2540. The first-order valence-corrected chi connectivity index (χ1v) is 23.3. The van der Waals surface area contributed by atoms with E-state index in [1.54, 1.807) is 0 Å². The number of nitrogens with zero attached hydrogens (tertiary/aromatic N) is 10. The van der Waals surface area contributed by atoms with Gasteiger partial charge in [0.05, 0.1) is 32.4 Å². The summed E-state index contributed by atoms with van der Waals surface area (Å²) in [6, 6.07) is 0. The van der Waals surface area contributed by atoms with E-state index in [-0.39, 0.29) is 47.1 Å². The number of imide groups is 1. The zero-order chi connectivity index (χ0) is 44.1. The Balaban J connectivity index is 0.915. The Kier molecular flexibility index (Phi) is 12.2. The largest absolute Gasteiger partial charge is 0.447 e. The van der Waals surface area contributed by atoms with Crippen LogP contribution in [0.5, 0.6) is 0 Å². The highest BCUT2D eigenvalue weighted by Gasteiger charge is 2.54. The van der Waals surface area contributed by atoms with Crippen molar-refractivity contribution < 1.29 is 74.1 Å². The summed E-state index contributed by atoms with van der Waals surface area (Å²) < 4.78 is 106. The highest BCUT2D eigenvalue weighted by Crippen LogP contribution is 2.60. The zero-order valence-corrected chi connectivity index (χ0v) is 35.0. The number of nitrogens with one attached hydrogen (secondary N) is 1. The fourth-order valence-electron chi connectivity index (χ4n) is 6.53. The topological polar surface area (TPSA) is 308 Å². The van der Waals surface area contributed by atoms with Gasteiger partial charge in [0.25, 0.3) is 11.8 Å². The smallest absolute Gasteiger partial charge is 0.412 e. The maximum atomic E-state index is 16.5. The van der Waals surface area contributed by atoms with Crippen molar-refractivity contribution in [3.63, 3.8) is 0 Å². The van der Waals surface area contributed by atoms with Gasteiger partial charge in [0.15, 0.2) is 60.0 Å². The van der Waals surface area contributed by atoms with Crippen LogP contribution in [0, 0.1) is 0 Å². The number of likely N-dealkylation sites (N-methyl/N-ethyl adjacent to an activating group) is 1. The van der Waals surface area contributed by atoms with E-state index in [2.05, 4.69) is 59.7 Å². The van der Waals surface area contributed by atoms with Gasteiger partial charge in [-0.2, -0.15) is 0 Å². The van der Waals surface area contributed by atoms with Crippen molar-refractivity contribution in [2.45, 2.75) is 49.2 Å². The third kappa shape index (κ3) is 8.84. The van der Waals surface area contributed by atoms with Crippen LogP contribution in [-0.4, -0.2) is 150 Å². The molecule has 0 bridgehead atoms.